The van der Waals surface area contributed by atoms with Crippen LogP contribution in [0, 0.1) is 5.92 Å². The molecular weight excluding hydrogens is 416 g/mol. The second-order valence-corrected chi connectivity index (χ2v) is 8.82. The number of aromatic amines is 1. The minimum atomic E-state index is -0.695. The highest BCUT2D eigenvalue weighted by atomic mass is 32.1. The fraction of sp³-hybridized carbons (Fsp3) is 0.391. The van der Waals surface area contributed by atoms with Crippen LogP contribution in [0.4, 0.5) is 5.69 Å². The first-order chi connectivity index (χ1) is 14.9. The van der Waals surface area contributed by atoms with E-state index in [4.69, 9.17) is 9.47 Å². The van der Waals surface area contributed by atoms with Crippen molar-refractivity contribution in [2.45, 2.75) is 40.0 Å². The van der Waals surface area contributed by atoms with Crippen LogP contribution in [0.2, 0.25) is 0 Å². The molecule has 1 atom stereocenters. The predicted octanol–water partition coefficient (Wildman–Crippen LogP) is 4.47. The van der Waals surface area contributed by atoms with Crippen LogP contribution in [0.15, 0.2) is 23.0 Å². The van der Waals surface area contributed by atoms with Gasteiger partial charge in [-0.05, 0) is 56.7 Å². The molecule has 2 aromatic heterocycles. The number of pyridine rings is 1. The first kappa shape index (κ1) is 21.2. The fourth-order valence-corrected chi connectivity index (χ4v) is 5.43. The first-order valence-corrected chi connectivity index (χ1v) is 11.3. The third kappa shape index (κ3) is 3.99. The number of carbonyl (C=O) groups excluding carboxylic acids is 1. The molecule has 3 N–H and O–H groups in total. The van der Waals surface area contributed by atoms with Crippen molar-refractivity contribution in [3.05, 3.63) is 44.6 Å². The van der Waals surface area contributed by atoms with Crippen molar-refractivity contribution >= 4 is 33.1 Å². The van der Waals surface area contributed by atoms with Gasteiger partial charge in [-0.3, -0.25) is 9.59 Å². The molecule has 1 amide bonds. The lowest BCUT2D eigenvalue weighted by molar-refractivity contribution is 0.102. The van der Waals surface area contributed by atoms with Crippen molar-refractivity contribution in [2.24, 2.45) is 5.92 Å². The molecule has 0 fully saturated rings. The Hall–Kier alpha value is -3.00. The molecule has 164 valence electrons. The predicted molar refractivity (Wildman–Crippen MR) is 122 cm³/mol. The van der Waals surface area contributed by atoms with E-state index in [-0.39, 0.29) is 11.3 Å². The van der Waals surface area contributed by atoms with Crippen LogP contribution in [0.3, 0.4) is 0 Å². The number of aryl methyl sites for hydroxylation is 1. The second-order valence-electron chi connectivity index (χ2n) is 7.71. The number of fused-ring (bicyclic) bond motifs is 3. The van der Waals surface area contributed by atoms with E-state index in [9.17, 15) is 14.7 Å². The number of aromatic nitrogens is 1. The van der Waals surface area contributed by atoms with Crippen molar-refractivity contribution < 1.29 is 19.4 Å². The number of nitrogens with one attached hydrogen (secondary N) is 2. The number of rotatable bonds is 6. The van der Waals surface area contributed by atoms with Gasteiger partial charge >= 0.3 is 0 Å². The zero-order valence-electron chi connectivity index (χ0n) is 17.8. The van der Waals surface area contributed by atoms with Crippen LogP contribution in [-0.4, -0.2) is 29.2 Å². The molecule has 0 bridgehead atoms. The highest BCUT2D eigenvalue weighted by molar-refractivity contribution is 7.18. The summed E-state index contributed by atoms with van der Waals surface area (Å²) in [6.45, 7) is 6.78. The van der Waals surface area contributed by atoms with Gasteiger partial charge in [-0.25, -0.2) is 0 Å². The Bertz CT molecular complexity index is 1200. The van der Waals surface area contributed by atoms with Crippen LogP contribution in [-0.2, 0) is 12.8 Å². The normalized spacial score (nSPS) is 15.5. The van der Waals surface area contributed by atoms with Crippen LogP contribution in [0.1, 0.15) is 48.0 Å². The van der Waals surface area contributed by atoms with Crippen LogP contribution < -0.4 is 20.3 Å². The fourth-order valence-electron chi connectivity index (χ4n) is 4.03. The molecule has 0 saturated heterocycles. The van der Waals surface area contributed by atoms with E-state index in [0.29, 0.717) is 46.5 Å². The zero-order valence-corrected chi connectivity index (χ0v) is 18.6. The molecule has 31 heavy (non-hydrogen) atoms. The van der Waals surface area contributed by atoms with Crippen LogP contribution in [0.25, 0.3) is 10.2 Å². The van der Waals surface area contributed by atoms with E-state index < -0.39 is 11.5 Å². The zero-order chi connectivity index (χ0) is 22.1. The van der Waals surface area contributed by atoms with Crippen molar-refractivity contribution in [2.75, 3.05) is 18.5 Å². The van der Waals surface area contributed by atoms with Gasteiger partial charge in [-0.15, -0.1) is 11.3 Å². The standard InChI is InChI=1S/C23H26N2O5S/c1-4-29-13-7-9-16(30-5-2)15(11-13)24-21(27)19-20(26)18-14-8-6-12(3)10-17(14)31-23(18)25-22(19)28/h7,9,11-12H,4-6,8,10H2,1-3H3,(H,24,27)(H2,25,26,28)/t12-/m1/s1. The molecule has 0 aliphatic heterocycles. The minimum Gasteiger partial charge on any atom is -0.506 e. The number of thiophene rings is 1. The minimum absolute atomic E-state index is 0.262. The lowest BCUT2D eigenvalue weighted by atomic mass is 9.89. The highest BCUT2D eigenvalue weighted by Gasteiger charge is 2.27. The van der Waals surface area contributed by atoms with Crippen molar-refractivity contribution in [3.63, 3.8) is 0 Å². The Kier molecular flexibility index (Phi) is 5.91. The topological polar surface area (TPSA) is 101 Å². The number of ether oxygens (including phenoxy) is 2. The summed E-state index contributed by atoms with van der Waals surface area (Å²) in [5, 5.41) is 14.3. The lowest BCUT2D eigenvalue weighted by Gasteiger charge is -2.18. The molecule has 2 heterocycles. The Morgan fingerprint density at radius 2 is 2.06 bits per heavy atom. The number of amides is 1. The molecule has 1 aromatic carbocycles. The Morgan fingerprint density at radius 3 is 2.81 bits per heavy atom. The van der Waals surface area contributed by atoms with Crippen molar-refractivity contribution in [3.8, 4) is 17.2 Å². The van der Waals surface area contributed by atoms with E-state index in [1.54, 1.807) is 18.2 Å². The number of benzene rings is 1. The molecule has 4 rings (SSSR count). The van der Waals surface area contributed by atoms with Crippen molar-refractivity contribution in [1.82, 2.24) is 4.98 Å². The molecule has 3 aromatic rings. The van der Waals surface area contributed by atoms with E-state index in [1.807, 2.05) is 13.8 Å². The van der Waals surface area contributed by atoms with E-state index >= 15 is 0 Å². The molecule has 0 saturated carbocycles. The van der Waals surface area contributed by atoms with Gasteiger partial charge in [0.05, 0.1) is 24.3 Å². The molecular formula is C23H26N2O5S. The van der Waals surface area contributed by atoms with Gasteiger partial charge in [0.15, 0.2) is 0 Å². The SMILES string of the molecule is CCOc1ccc(OCC)c(NC(=O)c2c(O)c3c4c(sc3[nH]c2=O)C[C@H](C)CC4)c1. The van der Waals surface area contributed by atoms with Gasteiger partial charge in [0.1, 0.15) is 27.6 Å². The smallest absolute Gasteiger partial charge is 0.265 e. The second kappa shape index (κ2) is 8.63. The third-order valence-electron chi connectivity index (χ3n) is 5.48. The highest BCUT2D eigenvalue weighted by Crippen LogP contribution is 2.41. The summed E-state index contributed by atoms with van der Waals surface area (Å²) in [6, 6.07) is 5.09. The summed E-state index contributed by atoms with van der Waals surface area (Å²) < 4.78 is 11.1. The Morgan fingerprint density at radius 1 is 1.29 bits per heavy atom. The molecule has 1 aliphatic carbocycles. The van der Waals surface area contributed by atoms with Gasteiger partial charge < -0.3 is 24.9 Å². The maximum atomic E-state index is 13.1. The summed E-state index contributed by atoms with van der Waals surface area (Å²) in [7, 11) is 0. The van der Waals surface area contributed by atoms with Gasteiger partial charge in [0.25, 0.3) is 11.5 Å². The molecule has 7 nitrogen and oxygen atoms in total. The van der Waals surface area contributed by atoms with Crippen LogP contribution in [0.5, 0.6) is 17.2 Å². The van der Waals surface area contributed by atoms with Gasteiger partial charge in [0, 0.05) is 10.9 Å². The number of anilines is 1. The van der Waals surface area contributed by atoms with Gasteiger partial charge in [-0.1, -0.05) is 6.92 Å². The Balaban J connectivity index is 1.75. The number of aromatic hydroxyl groups is 1. The first-order valence-electron chi connectivity index (χ1n) is 10.5. The lowest BCUT2D eigenvalue weighted by Crippen LogP contribution is -2.23. The van der Waals surface area contributed by atoms with E-state index in [1.165, 1.54) is 16.2 Å². The maximum Gasteiger partial charge on any atom is 0.265 e. The molecule has 0 radical (unpaired) electrons. The summed E-state index contributed by atoms with van der Waals surface area (Å²) in [4.78, 5) is 30.4. The number of H-pyrrole nitrogens is 1. The summed E-state index contributed by atoms with van der Waals surface area (Å²) in [6.07, 6.45) is 2.75. The summed E-state index contributed by atoms with van der Waals surface area (Å²) in [5.41, 5.74) is 0.496. The average molecular weight is 443 g/mol. The molecule has 0 spiro atoms. The van der Waals surface area contributed by atoms with E-state index in [2.05, 4.69) is 17.2 Å². The molecule has 8 heteroatoms. The molecule has 1 aliphatic rings. The average Bonchev–Trinajstić information content (AvgIpc) is 3.07. The third-order valence-corrected chi connectivity index (χ3v) is 6.65. The summed E-state index contributed by atoms with van der Waals surface area (Å²) in [5.74, 6) is 0.627. The monoisotopic (exact) mass is 442 g/mol. The number of carbonyl (C=O) groups is 1. The maximum absolute atomic E-state index is 13.1. The van der Waals surface area contributed by atoms with E-state index in [0.717, 1.165) is 24.8 Å². The largest absolute Gasteiger partial charge is 0.506 e. The van der Waals surface area contributed by atoms with Gasteiger partial charge in [-0.2, -0.15) is 0 Å². The van der Waals surface area contributed by atoms with Crippen LogP contribution >= 0.6 is 11.3 Å². The van der Waals surface area contributed by atoms with Gasteiger partial charge in [0.2, 0.25) is 0 Å². The quantitative estimate of drug-likeness (QED) is 0.523. The number of hydrogen-bond acceptors (Lipinski definition) is 6. The number of hydrogen-bond donors (Lipinski definition) is 3. The Labute approximate surface area is 184 Å². The molecule has 0 unspecified atom stereocenters. The van der Waals surface area contributed by atoms with Crippen molar-refractivity contribution in [1.29, 1.82) is 0 Å². The summed E-state index contributed by atoms with van der Waals surface area (Å²) >= 11 is 1.49.